The SMILES string of the molecule is CC1CCCC(CNCc2cnco2)(N(C)C)C1. The number of hydrogen-bond acceptors (Lipinski definition) is 4. The summed E-state index contributed by atoms with van der Waals surface area (Å²) in [7, 11) is 4.41. The topological polar surface area (TPSA) is 41.3 Å². The Kier molecular flexibility index (Phi) is 4.40. The average Bonchev–Trinajstić information content (AvgIpc) is 2.82. The minimum atomic E-state index is 0.303. The van der Waals surface area contributed by atoms with Gasteiger partial charge in [-0.2, -0.15) is 0 Å². The van der Waals surface area contributed by atoms with E-state index in [1.165, 1.54) is 32.1 Å². The molecule has 1 aromatic heterocycles. The third-order valence-electron chi connectivity index (χ3n) is 4.25. The van der Waals surface area contributed by atoms with E-state index in [1.54, 1.807) is 6.20 Å². The highest BCUT2D eigenvalue weighted by atomic mass is 16.3. The second kappa shape index (κ2) is 5.85. The summed E-state index contributed by atoms with van der Waals surface area (Å²) in [5.74, 6) is 1.74. The van der Waals surface area contributed by atoms with E-state index in [2.05, 4.69) is 36.2 Å². The van der Waals surface area contributed by atoms with Crippen LogP contribution in [0.2, 0.25) is 0 Å². The molecule has 18 heavy (non-hydrogen) atoms. The quantitative estimate of drug-likeness (QED) is 0.871. The molecule has 0 bridgehead atoms. The molecule has 4 heteroatoms. The van der Waals surface area contributed by atoms with Gasteiger partial charge >= 0.3 is 0 Å². The van der Waals surface area contributed by atoms with Crippen LogP contribution in [0, 0.1) is 5.92 Å². The fraction of sp³-hybridized carbons (Fsp3) is 0.786. The second-order valence-corrected chi connectivity index (χ2v) is 5.89. The van der Waals surface area contributed by atoms with E-state index < -0.39 is 0 Å². The van der Waals surface area contributed by atoms with Gasteiger partial charge < -0.3 is 14.6 Å². The molecule has 0 spiro atoms. The van der Waals surface area contributed by atoms with Crippen LogP contribution >= 0.6 is 0 Å². The zero-order valence-electron chi connectivity index (χ0n) is 11.8. The van der Waals surface area contributed by atoms with Gasteiger partial charge in [0.05, 0.1) is 12.7 Å². The van der Waals surface area contributed by atoms with Crippen molar-refractivity contribution in [3.8, 4) is 0 Å². The first kappa shape index (κ1) is 13.6. The molecule has 0 radical (unpaired) electrons. The number of nitrogens with one attached hydrogen (secondary N) is 1. The highest BCUT2D eigenvalue weighted by molar-refractivity contribution is 4.96. The van der Waals surface area contributed by atoms with Crippen LogP contribution in [-0.4, -0.2) is 36.1 Å². The first-order chi connectivity index (χ1) is 8.62. The van der Waals surface area contributed by atoms with Crippen molar-refractivity contribution in [3.05, 3.63) is 18.4 Å². The van der Waals surface area contributed by atoms with Gasteiger partial charge in [0.1, 0.15) is 5.76 Å². The lowest BCUT2D eigenvalue weighted by molar-refractivity contribution is 0.0745. The highest BCUT2D eigenvalue weighted by Gasteiger charge is 2.36. The monoisotopic (exact) mass is 251 g/mol. The van der Waals surface area contributed by atoms with Crippen molar-refractivity contribution in [1.82, 2.24) is 15.2 Å². The average molecular weight is 251 g/mol. The van der Waals surface area contributed by atoms with Gasteiger partial charge in [-0.1, -0.05) is 19.8 Å². The van der Waals surface area contributed by atoms with Gasteiger partial charge in [-0.25, -0.2) is 4.98 Å². The van der Waals surface area contributed by atoms with E-state index in [4.69, 9.17) is 4.42 Å². The van der Waals surface area contributed by atoms with Crippen LogP contribution in [0.4, 0.5) is 0 Å². The Morgan fingerprint density at radius 3 is 3.00 bits per heavy atom. The maximum absolute atomic E-state index is 5.25. The number of aromatic nitrogens is 1. The Bertz CT molecular complexity index is 350. The third-order valence-corrected chi connectivity index (χ3v) is 4.25. The Labute approximate surface area is 110 Å². The van der Waals surface area contributed by atoms with Gasteiger partial charge in [-0.15, -0.1) is 0 Å². The summed E-state index contributed by atoms with van der Waals surface area (Å²) in [4.78, 5) is 6.33. The summed E-state index contributed by atoms with van der Waals surface area (Å²) < 4.78 is 5.25. The molecule has 0 amide bonds. The molecular formula is C14H25N3O. The molecule has 2 unspecified atom stereocenters. The van der Waals surface area contributed by atoms with E-state index in [0.29, 0.717) is 5.54 Å². The summed E-state index contributed by atoms with van der Waals surface area (Å²) in [6.45, 7) is 4.16. The summed E-state index contributed by atoms with van der Waals surface area (Å²) in [6.07, 6.45) is 8.54. The van der Waals surface area contributed by atoms with Gasteiger partial charge in [-0.05, 0) is 32.9 Å². The Balaban J connectivity index is 1.89. The molecule has 1 heterocycles. The summed E-state index contributed by atoms with van der Waals surface area (Å²) >= 11 is 0. The minimum absolute atomic E-state index is 0.303. The van der Waals surface area contributed by atoms with E-state index >= 15 is 0 Å². The lowest BCUT2D eigenvalue weighted by Gasteiger charge is -2.45. The summed E-state index contributed by atoms with van der Waals surface area (Å²) in [6, 6.07) is 0. The van der Waals surface area contributed by atoms with Crippen LogP contribution in [-0.2, 0) is 6.54 Å². The normalized spacial score (nSPS) is 28.8. The molecule has 0 aliphatic heterocycles. The van der Waals surface area contributed by atoms with Crippen molar-refractivity contribution in [2.75, 3.05) is 20.6 Å². The van der Waals surface area contributed by atoms with Crippen LogP contribution in [0.1, 0.15) is 38.4 Å². The molecular weight excluding hydrogens is 226 g/mol. The summed E-state index contributed by atoms with van der Waals surface area (Å²) in [5, 5.41) is 3.52. The van der Waals surface area contributed by atoms with Crippen LogP contribution in [0.15, 0.2) is 17.0 Å². The largest absolute Gasteiger partial charge is 0.447 e. The molecule has 1 aliphatic rings. The Hall–Kier alpha value is -0.870. The maximum Gasteiger partial charge on any atom is 0.180 e. The zero-order valence-corrected chi connectivity index (χ0v) is 11.8. The van der Waals surface area contributed by atoms with Crippen LogP contribution in [0.3, 0.4) is 0 Å². The lowest BCUT2D eigenvalue weighted by Crippen LogP contribution is -2.54. The predicted molar refractivity (Wildman–Crippen MR) is 72.3 cm³/mol. The molecule has 2 rings (SSSR count). The smallest absolute Gasteiger partial charge is 0.180 e. The molecule has 0 saturated heterocycles. The van der Waals surface area contributed by atoms with Gasteiger partial charge in [0.2, 0.25) is 0 Å². The number of likely N-dealkylation sites (N-methyl/N-ethyl adjacent to an activating group) is 1. The maximum atomic E-state index is 5.25. The molecule has 102 valence electrons. The number of nitrogens with zero attached hydrogens (tertiary/aromatic N) is 2. The van der Waals surface area contributed by atoms with Crippen LogP contribution in [0.5, 0.6) is 0 Å². The van der Waals surface area contributed by atoms with Crippen molar-refractivity contribution in [1.29, 1.82) is 0 Å². The molecule has 1 aromatic rings. The van der Waals surface area contributed by atoms with E-state index in [0.717, 1.165) is 24.8 Å². The van der Waals surface area contributed by atoms with Gasteiger partial charge in [-0.3, -0.25) is 0 Å². The lowest BCUT2D eigenvalue weighted by atomic mass is 9.75. The number of hydrogen-bond donors (Lipinski definition) is 1. The van der Waals surface area contributed by atoms with E-state index in [1.807, 2.05) is 0 Å². The molecule has 2 atom stereocenters. The zero-order chi connectivity index (χ0) is 13.0. The standard InChI is InChI=1S/C14H25N3O/c1-12-5-4-6-14(7-12,17(2)3)10-15-8-13-9-16-11-18-13/h9,11-12,15H,4-8,10H2,1-3H3. The molecule has 0 aromatic carbocycles. The van der Waals surface area contributed by atoms with Crippen LogP contribution in [0.25, 0.3) is 0 Å². The highest BCUT2D eigenvalue weighted by Crippen LogP contribution is 2.35. The first-order valence-electron chi connectivity index (χ1n) is 6.88. The second-order valence-electron chi connectivity index (χ2n) is 5.89. The molecule has 1 saturated carbocycles. The number of rotatable bonds is 5. The molecule has 1 aliphatic carbocycles. The first-order valence-corrected chi connectivity index (χ1v) is 6.88. The van der Waals surface area contributed by atoms with Crippen molar-refractivity contribution in [2.24, 2.45) is 5.92 Å². The Morgan fingerprint density at radius 2 is 2.39 bits per heavy atom. The minimum Gasteiger partial charge on any atom is -0.447 e. The molecule has 4 nitrogen and oxygen atoms in total. The molecule has 1 N–H and O–H groups in total. The summed E-state index contributed by atoms with van der Waals surface area (Å²) in [5.41, 5.74) is 0.303. The van der Waals surface area contributed by atoms with E-state index in [-0.39, 0.29) is 0 Å². The third kappa shape index (κ3) is 3.12. The molecule has 1 fully saturated rings. The fourth-order valence-corrected chi connectivity index (χ4v) is 3.10. The van der Waals surface area contributed by atoms with Crippen LogP contribution < -0.4 is 5.32 Å². The van der Waals surface area contributed by atoms with Crippen molar-refractivity contribution >= 4 is 0 Å². The van der Waals surface area contributed by atoms with Gasteiger partial charge in [0, 0.05) is 12.1 Å². The van der Waals surface area contributed by atoms with Gasteiger partial charge in [0.25, 0.3) is 0 Å². The van der Waals surface area contributed by atoms with Crippen molar-refractivity contribution in [2.45, 2.75) is 44.7 Å². The van der Waals surface area contributed by atoms with E-state index in [9.17, 15) is 0 Å². The van der Waals surface area contributed by atoms with Crippen molar-refractivity contribution in [3.63, 3.8) is 0 Å². The van der Waals surface area contributed by atoms with Crippen molar-refractivity contribution < 1.29 is 4.42 Å². The Morgan fingerprint density at radius 1 is 1.56 bits per heavy atom. The number of oxazole rings is 1. The fourth-order valence-electron chi connectivity index (χ4n) is 3.10. The predicted octanol–water partition coefficient (Wildman–Crippen LogP) is 2.27. The van der Waals surface area contributed by atoms with Gasteiger partial charge in [0.15, 0.2) is 6.39 Å².